The van der Waals surface area contributed by atoms with E-state index in [9.17, 15) is 9.18 Å². The van der Waals surface area contributed by atoms with Gasteiger partial charge in [-0.2, -0.15) is 5.10 Å². The molecule has 2 aromatic heterocycles. The lowest BCUT2D eigenvalue weighted by atomic mass is 10.0. The Kier molecular flexibility index (Phi) is 9.89. The maximum atomic E-state index is 14.1. The molecule has 2 N–H and O–H groups in total. The van der Waals surface area contributed by atoms with Crippen LogP contribution in [0.15, 0.2) is 36.8 Å². The van der Waals surface area contributed by atoms with Crippen LogP contribution < -0.4 is 10.5 Å². The number of pyridine rings is 1. The number of nitrogens with two attached hydrogens (primary N) is 1. The molecule has 3 unspecified atom stereocenters. The average molecular weight is 651 g/mol. The van der Waals surface area contributed by atoms with Gasteiger partial charge in [-0.25, -0.2) is 14.2 Å². The number of aromatic nitrogens is 3. The van der Waals surface area contributed by atoms with Gasteiger partial charge in [0.2, 0.25) is 0 Å². The second-order valence-electron chi connectivity index (χ2n) is 12.1. The first-order valence-corrected chi connectivity index (χ1v) is 15.5. The second-order valence-corrected chi connectivity index (χ2v) is 12.9. The van der Waals surface area contributed by atoms with E-state index in [0.717, 1.165) is 24.8 Å². The highest BCUT2D eigenvalue weighted by Crippen LogP contribution is 2.37. The number of piperidine rings is 1. The van der Waals surface area contributed by atoms with E-state index in [0.29, 0.717) is 43.0 Å². The van der Waals surface area contributed by atoms with Crippen LogP contribution in [0, 0.1) is 5.82 Å². The minimum Gasteiger partial charge on any atom is -0.482 e. The molecule has 5 rings (SSSR count). The molecule has 2 aliphatic rings. The summed E-state index contributed by atoms with van der Waals surface area (Å²) in [6, 6.07) is 4.23. The number of carbonyl (C=O) groups is 1. The number of likely N-dealkylation sites (tertiary alicyclic amines) is 1. The van der Waals surface area contributed by atoms with E-state index < -0.39 is 17.5 Å². The van der Waals surface area contributed by atoms with Crippen LogP contribution in [0.3, 0.4) is 0 Å². The van der Waals surface area contributed by atoms with Gasteiger partial charge in [-0.1, -0.05) is 23.2 Å². The molecule has 2 saturated heterocycles. The Morgan fingerprint density at radius 2 is 1.98 bits per heavy atom. The van der Waals surface area contributed by atoms with Gasteiger partial charge in [-0.15, -0.1) is 0 Å². The summed E-state index contributed by atoms with van der Waals surface area (Å²) in [6.45, 7) is 8.74. The lowest BCUT2D eigenvalue weighted by Crippen LogP contribution is -2.51. The van der Waals surface area contributed by atoms with Gasteiger partial charge >= 0.3 is 6.09 Å². The fourth-order valence-corrected chi connectivity index (χ4v) is 6.06. The van der Waals surface area contributed by atoms with E-state index >= 15 is 0 Å². The highest BCUT2D eigenvalue weighted by Gasteiger charge is 2.37. The zero-order chi connectivity index (χ0) is 31.6. The summed E-state index contributed by atoms with van der Waals surface area (Å²) in [5.41, 5.74) is 7.34. The van der Waals surface area contributed by atoms with E-state index in [1.165, 1.54) is 12.1 Å². The molecule has 4 heterocycles. The highest BCUT2D eigenvalue weighted by atomic mass is 35.5. The summed E-state index contributed by atoms with van der Waals surface area (Å²) in [5, 5.41) is 4.84. The molecule has 2 aliphatic heterocycles. The van der Waals surface area contributed by atoms with E-state index in [1.54, 1.807) is 30.3 Å². The largest absolute Gasteiger partial charge is 0.482 e. The van der Waals surface area contributed by atoms with Crippen LogP contribution in [-0.4, -0.2) is 63.4 Å². The van der Waals surface area contributed by atoms with Crippen LogP contribution >= 0.6 is 23.2 Å². The molecule has 0 saturated carbocycles. The summed E-state index contributed by atoms with van der Waals surface area (Å²) in [4.78, 5) is 18.9. The third kappa shape index (κ3) is 7.56. The standard InChI is InChI=1S/C31H38Cl2FN5O5/c1-18(27-21(32)8-9-22(34)28(27)33)42-24-13-19(14-36-29(24)35)20-15-37-39(16-20)23-10-11-38(30(40)44-31(2,3)4)17-25(23)43-26-7-5-6-12-41-26/h8-9,13-16,18,23,25-26H,5-7,10-12,17H2,1-4H3,(H2,35,36)/t18-,23?,25?,26?/m1/s1. The molecule has 2 fully saturated rings. The molecule has 44 heavy (non-hydrogen) atoms. The van der Waals surface area contributed by atoms with E-state index in [2.05, 4.69) is 10.1 Å². The maximum Gasteiger partial charge on any atom is 0.410 e. The SMILES string of the molecule is C[C@@H](Oc1cc(-c2cnn(C3CCN(C(=O)OC(C)(C)C)CC3OC3CCCCO3)c2)cnc1N)c1c(Cl)ccc(F)c1Cl. The summed E-state index contributed by atoms with van der Waals surface area (Å²) >= 11 is 12.5. The van der Waals surface area contributed by atoms with Gasteiger partial charge in [-0.05, 0) is 71.6 Å². The molecule has 1 aromatic carbocycles. The molecule has 3 aromatic rings. The zero-order valence-corrected chi connectivity index (χ0v) is 26.8. The molecular formula is C31H38Cl2FN5O5. The molecule has 0 aliphatic carbocycles. The lowest BCUT2D eigenvalue weighted by Gasteiger charge is -2.40. The van der Waals surface area contributed by atoms with Crippen LogP contribution in [0.25, 0.3) is 11.1 Å². The van der Waals surface area contributed by atoms with Gasteiger partial charge in [0.05, 0.1) is 23.8 Å². The van der Waals surface area contributed by atoms with Crippen LogP contribution in [0.5, 0.6) is 5.75 Å². The normalized spacial score (nSPS) is 21.6. The van der Waals surface area contributed by atoms with E-state index in [1.807, 2.05) is 31.6 Å². The second kappa shape index (κ2) is 13.5. The molecule has 1 amide bonds. The lowest BCUT2D eigenvalue weighted by molar-refractivity contribution is -0.205. The molecule has 4 atom stereocenters. The van der Waals surface area contributed by atoms with Gasteiger partial charge in [0, 0.05) is 47.3 Å². The average Bonchev–Trinajstić information content (AvgIpc) is 3.46. The van der Waals surface area contributed by atoms with Crippen molar-refractivity contribution in [2.45, 2.75) is 83.5 Å². The van der Waals surface area contributed by atoms with Crippen LogP contribution in [0.4, 0.5) is 15.0 Å². The molecule has 0 spiro atoms. The van der Waals surface area contributed by atoms with Crippen molar-refractivity contribution in [2.24, 2.45) is 0 Å². The summed E-state index contributed by atoms with van der Waals surface area (Å²) in [6.07, 6.45) is 6.92. The number of anilines is 1. The Morgan fingerprint density at radius 3 is 2.70 bits per heavy atom. The first kappa shape index (κ1) is 32.3. The fourth-order valence-electron chi connectivity index (χ4n) is 5.39. The fraction of sp³-hybridized carbons (Fsp3) is 0.516. The molecule has 0 bridgehead atoms. The number of hydrogen-bond donors (Lipinski definition) is 1. The summed E-state index contributed by atoms with van der Waals surface area (Å²) < 4.78 is 40.0. The van der Waals surface area contributed by atoms with Crippen molar-refractivity contribution < 1.29 is 28.1 Å². The van der Waals surface area contributed by atoms with Crippen molar-refractivity contribution in [1.82, 2.24) is 19.7 Å². The Hall–Kier alpha value is -3.12. The van der Waals surface area contributed by atoms with Gasteiger partial charge in [0.15, 0.2) is 17.9 Å². The Morgan fingerprint density at radius 1 is 1.18 bits per heavy atom. The quantitative estimate of drug-likeness (QED) is 0.267. The van der Waals surface area contributed by atoms with Crippen molar-refractivity contribution in [3.63, 3.8) is 0 Å². The predicted octanol–water partition coefficient (Wildman–Crippen LogP) is 7.21. The predicted molar refractivity (Wildman–Crippen MR) is 165 cm³/mol. The smallest absolute Gasteiger partial charge is 0.410 e. The van der Waals surface area contributed by atoms with Crippen LogP contribution in [-0.2, 0) is 14.2 Å². The van der Waals surface area contributed by atoms with Crippen molar-refractivity contribution in [1.29, 1.82) is 0 Å². The maximum absolute atomic E-state index is 14.1. The Labute approximate surface area is 266 Å². The molecular weight excluding hydrogens is 612 g/mol. The number of nitrogens with zero attached hydrogens (tertiary/aromatic N) is 4. The summed E-state index contributed by atoms with van der Waals surface area (Å²) in [5.74, 6) is -0.143. The third-order valence-electron chi connectivity index (χ3n) is 7.59. The summed E-state index contributed by atoms with van der Waals surface area (Å²) in [7, 11) is 0. The van der Waals surface area contributed by atoms with E-state index in [4.69, 9.17) is 47.9 Å². The number of rotatable bonds is 7. The number of carbonyl (C=O) groups excluding carboxylic acids is 1. The van der Waals surface area contributed by atoms with Crippen molar-refractivity contribution in [2.75, 3.05) is 25.4 Å². The van der Waals surface area contributed by atoms with Crippen LogP contribution in [0.2, 0.25) is 10.0 Å². The van der Waals surface area contributed by atoms with Crippen LogP contribution in [0.1, 0.15) is 71.1 Å². The van der Waals surface area contributed by atoms with Gasteiger partial charge in [-0.3, -0.25) is 4.68 Å². The zero-order valence-electron chi connectivity index (χ0n) is 25.3. The Balaban J connectivity index is 1.35. The topological polar surface area (TPSA) is 114 Å². The van der Waals surface area contributed by atoms with Gasteiger partial charge in [0.25, 0.3) is 0 Å². The monoisotopic (exact) mass is 649 g/mol. The minimum absolute atomic E-state index is 0.109. The number of halogens is 3. The number of hydrogen-bond acceptors (Lipinski definition) is 8. The number of ether oxygens (including phenoxy) is 4. The van der Waals surface area contributed by atoms with Gasteiger partial charge in [0.1, 0.15) is 23.6 Å². The molecule has 10 nitrogen and oxygen atoms in total. The number of nitrogen functional groups attached to an aromatic ring is 1. The minimum atomic E-state index is -0.706. The molecule has 13 heteroatoms. The third-order valence-corrected chi connectivity index (χ3v) is 8.30. The van der Waals surface area contributed by atoms with Crippen molar-refractivity contribution in [3.05, 3.63) is 58.2 Å². The van der Waals surface area contributed by atoms with Gasteiger partial charge < -0.3 is 29.6 Å². The first-order chi connectivity index (χ1) is 20.9. The number of amides is 1. The number of benzene rings is 1. The first-order valence-electron chi connectivity index (χ1n) is 14.7. The van der Waals surface area contributed by atoms with Crippen molar-refractivity contribution >= 4 is 35.1 Å². The van der Waals surface area contributed by atoms with Crippen molar-refractivity contribution in [3.8, 4) is 16.9 Å². The van der Waals surface area contributed by atoms with E-state index in [-0.39, 0.29) is 40.4 Å². The molecule has 0 radical (unpaired) electrons. The molecule has 238 valence electrons. The Bertz CT molecular complexity index is 1480. The highest BCUT2D eigenvalue weighted by molar-refractivity contribution is 6.36.